The first kappa shape index (κ1) is 18.7. The molecule has 0 unspecified atom stereocenters. The number of para-hydroxylation sites is 1. The Morgan fingerprint density at radius 2 is 1.85 bits per heavy atom. The molecule has 1 atom stereocenters. The number of hydrogen-bond donors (Lipinski definition) is 2. The van der Waals surface area contributed by atoms with Gasteiger partial charge in [-0.2, -0.15) is 5.26 Å². The average Bonchev–Trinajstić information content (AvgIpc) is 2.66. The fourth-order valence-corrected chi connectivity index (χ4v) is 1.87. The second kappa shape index (κ2) is 9.03. The molecule has 2 N–H and O–H groups in total. The number of nitrogens with zero attached hydrogens (tertiary/aromatic N) is 1. The van der Waals surface area contributed by atoms with E-state index in [0.29, 0.717) is 11.3 Å². The van der Waals surface area contributed by atoms with E-state index < -0.39 is 23.7 Å². The summed E-state index contributed by atoms with van der Waals surface area (Å²) in [5.41, 5.74) is 4.67. The molecule has 2 aromatic carbocycles. The zero-order valence-electron chi connectivity index (χ0n) is 13.9. The van der Waals surface area contributed by atoms with E-state index in [9.17, 15) is 14.0 Å². The Morgan fingerprint density at radius 3 is 2.54 bits per heavy atom. The number of rotatable bonds is 6. The molecule has 26 heavy (non-hydrogen) atoms. The number of carbonyl (C=O) groups excluding carboxylic acids is 2. The van der Waals surface area contributed by atoms with Crippen LogP contribution in [0.15, 0.2) is 48.5 Å². The van der Waals surface area contributed by atoms with Crippen LogP contribution in [-0.4, -0.2) is 24.5 Å². The van der Waals surface area contributed by atoms with Crippen LogP contribution in [0, 0.1) is 17.1 Å². The number of nitrogens with one attached hydrogen (secondary N) is 2. The van der Waals surface area contributed by atoms with E-state index in [1.165, 1.54) is 31.2 Å². The van der Waals surface area contributed by atoms with Gasteiger partial charge in [0.25, 0.3) is 11.8 Å². The highest BCUT2D eigenvalue weighted by molar-refractivity contribution is 5.85. The van der Waals surface area contributed by atoms with Crippen molar-refractivity contribution in [1.29, 1.82) is 5.26 Å². The van der Waals surface area contributed by atoms with Crippen molar-refractivity contribution in [3.8, 4) is 17.6 Å². The number of benzene rings is 2. The lowest BCUT2D eigenvalue weighted by molar-refractivity contribution is -0.133. The molecule has 0 saturated carbocycles. The van der Waals surface area contributed by atoms with Crippen LogP contribution in [0.3, 0.4) is 0 Å². The van der Waals surface area contributed by atoms with E-state index >= 15 is 0 Å². The first-order valence-corrected chi connectivity index (χ1v) is 7.62. The van der Waals surface area contributed by atoms with Crippen LogP contribution in [0.25, 0.3) is 0 Å². The zero-order valence-corrected chi connectivity index (χ0v) is 13.9. The van der Waals surface area contributed by atoms with Gasteiger partial charge in [-0.15, -0.1) is 0 Å². The van der Waals surface area contributed by atoms with Crippen molar-refractivity contribution >= 4 is 11.8 Å². The van der Waals surface area contributed by atoms with Gasteiger partial charge in [-0.25, -0.2) is 4.39 Å². The van der Waals surface area contributed by atoms with Crippen molar-refractivity contribution in [3.05, 3.63) is 59.9 Å². The summed E-state index contributed by atoms with van der Waals surface area (Å²) in [6, 6.07) is 13.6. The molecule has 0 bridgehead atoms. The summed E-state index contributed by atoms with van der Waals surface area (Å²) in [5, 5.41) is 8.93. The first-order chi connectivity index (χ1) is 12.5. The number of nitriles is 1. The quantitative estimate of drug-likeness (QED) is 0.767. The molecule has 2 rings (SSSR count). The van der Waals surface area contributed by atoms with Gasteiger partial charge in [0.05, 0.1) is 5.56 Å². The van der Waals surface area contributed by atoms with Crippen LogP contribution in [0.1, 0.15) is 12.5 Å². The molecule has 0 aliphatic rings. The summed E-state index contributed by atoms with van der Waals surface area (Å²) >= 11 is 0. The summed E-state index contributed by atoms with van der Waals surface area (Å²) in [7, 11) is 0. The van der Waals surface area contributed by atoms with Crippen molar-refractivity contribution < 1.29 is 23.5 Å². The second-order valence-corrected chi connectivity index (χ2v) is 5.15. The molecule has 0 aliphatic heterocycles. The predicted molar refractivity (Wildman–Crippen MR) is 89.4 cm³/mol. The van der Waals surface area contributed by atoms with E-state index in [1.54, 1.807) is 24.3 Å². The van der Waals surface area contributed by atoms with Gasteiger partial charge in [0, 0.05) is 0 Å². The van der Waals surface area contributed by atoms with Gasteiger partial charge >= 0.3 is 0 Å². The number of amides is 2. The Balaban J connectivity index is 1.76. The highest BCUT2D eigenvalue weighted by Gasteiger charge is 2.15. The lowest BCUT2D eigenvalue weighted by Crippen LogP contribution is -2.48. The van der Waals surface area contributed by atoms with Gasteiger partial charge in [-0.05, 0) is 43.3 Å². The molecule has 0 radical (unpaired) electrons. The summed E-state index contributed by atoms with van der Waals surface area (Å²) in [4.78, 5) is 23.6. The lowest BCUT2D eigenvalue weighted by atomic mass is 10.2. The Morgan fingerprint density at radius 1 is 1.15 bits per heavy atom. The smallest absolute Gasteiger partial charge is 0.279 e. The third-order valence-electron chi connectivity index (χ3n) is 3.19. The number of halogens is 1. The molecular weight excluding hydrogens is 341 g/mol. The summed E-state index contributed by atoms with van der Waals surface area (Å²) in [6.07, 6.45) is -0.916. The SMILES string of the molecule is C[C@H](Oc1ccc(F)cc1)C(=O)NNC(=O)COc1ccccc1C#N. The fraction of sp³-hybridized carbons (Fsp3) is 0.167. The number of carbonyl (C=O) groups is 2. The second-order valence-electron chi connectivity index (χ2n) is 5.15. The van der Waals surface area contributed by atoms with Crippen LogP contribution in [-0.2, 0) is 9.59 Å². The summed E-state index contributed by atoms with van der Waals surface area (Å²) in [6.45, 7) is 1.09. The van der Waals surface area contributed by atoms with Crippen molar-refractivity contribution in [2.45, 2.75) is 13.0 Å². The van der Waals surface area contributed by atoms with Crippen LogP contribution in [0.4, 0.5) is 4.39 Å². The van der Waals surface area contributed by atoms with Gasteiger partial charge in [-0.1, -0.05) is 12.1 Å². The Kier molecular flexibility index (Phi) is 6.51. The fourth-order valence-electron chi connectivity index (χ4n) is 1.87. The molecule has 0 spiro atoms. The maximum Gasteiger partial charge on any atom is 0.279 e. The molecular formula is C18H16FN3O4. The normalized spacial score (nSPS) is 11.0. The Labute approximate surface area is 149 Å². The van der Waals surface area contributed by atoms with Crippen LogP contribution >= 0.6 is 0 Å². The maximum absolute atomic E-state index is 12.8. The van der Waals surface area contributed by atoms with Crippen molar-refractivity contribution in [2.75, 3.05) is 6.61 Å². The van der Waals surface area contributed by atoms with Gasteiger partial charge in [0.1, 0.15) is 23.4 Å². The molecule has 8 heteroatoms. The molecule has 2 aromatic rings. The largest absolute Gasteiger partial charge is 0.482 e. The molecule has 0 saturated heterocycles. The monoisotopic (exact) mass is 357 g/mol. The van der Waals surface area contributed by atoms with E-state index in [4.69, 9.17) is 14.7 Å². The highest BCUT2D eigenvalue weighted by Crippen LogP contribution is 2.16. The molecule has 2 amide bonds. The maximum atomic E-state index is 12.8. The topological polar surface area (TPSA) is 100 Å². The molecule has 0 heterocycles. The van der Waals surface area contributed by atoms with Gasteiger partial charge < -0.3 is 9.47 Å². The van der Waals surface area contributed by atoms with E-state index in [-0.39, 0.29) is 12.4 Å². The van der Waals surface area contributed by atoms with E-state index in [1.807, 2.05) is 6.07 Å². The average molecular weight is 357 g/mol. The lowest BCUT2D eigenvalue weighted by Gasteiger charge is -2.15. The van der Waals surface area contributed by atoms with Gasteiger partial charge in [0.2, 0.25) is 0 Å². The minimum Gasteiger partial charge on any atom is -0.482 e. The van der Waals surface area contributed by atoms with Crippen LogP contribution in [0.2, 0.25) is 0 Å². The minimum absolute atomic E-state index is 0.268. The number of ether oxygens (including phenoxy) is 2. The van der Waals surface area contributed by atoms with Gasteiger partial charge in [0.15, 0.2) is 12.7 Å². The minimum atomic E-state index is -0.916. The summed E-state index contributed by atoms with van der Waals surface area (Å²) < 4.78 is 23.4. The molecule has 7 nitrogen and oxygen atoms in total. The first-order valence-electron chi connectivity index (χ1n) is 7.62. The van der Waals surface area contributed by atoms with Crippen molar-refractivity contribution in [2.24, 2.45) is 0 Å². The molecule has 0 fully saturated rings. The van der Waals surface area contributed by atoms with Crippen LogP contribution in [0.5, 0.6) is 11.5 Å². The third-order valence-corrected chi connectivity index (χ3v) is 3.19. The van der Waals surface area contributed by atoms with Crippen molar-refractivity contribution in [3.63, 3.8) is 0 Å². The molecule has 0 aliphatic carbocycles. The van der Waals surface area contributed by atoms with E-state index in [2.05, 4.69) is 10.9 Å². The standard InChI is InChI=1S/C18H16FN3O4/c1-12(26-15-8-6-14(19)7-9-15)18(24)22-21-17(23)11-25-16-5-3-2-4-13(16)10-20/h2-9,12H,11H2,1H3,(H,21,23)(H,22,24)/t12-/m0/s1. The number of hydrogen-bond acceptors (Lipinski definition) is 5. The number of hydrazine groups is 1. The Bertz CT molecular complexity index is 818. The van der Waals surface area contributed by atoms with E-state index in [0.717, 1.165) is 0 Å². The summed E-state index contributed by atoms with van der Waals surface area (Å²) in [5.74, 6) is -1.04. The highest BCUT2D eigenvalue weighted by atomic mass is 19.1. The zero-order chi connectivity index (χ0) is 18.9. The molecule has 134 valence electrons. The predicted octanol–water partition coefficient (Wildman–Crippen LogP) is 1.69. The molecule has 0 aromatic heterocycles. The van der Waals surface area contributed by atoms with Crippen molar-refractivity contribution in [1.82, 2.24) is 10.9 Å². The Hall–Kier alpha value is -3.60. The van der Waals surface area contributed by atoms with Crippen LogP contribution < -0.4 is 20.3 Å². The third kappa shape index (κ3) is 5.49. The van der Waals surface area contributed by atoms with Gasteiger partial charge in [-0.3, -0.25) is 20.4 Å².